The van der Waals surface area contributed by atoms with Crippen molar-refractivity contribution in [1.82, 2.24) is 0 Å². The first-order valence-electron chi connectivity index (χ1n) is 6.79. The zero-order chi connectivity index (χ0) is 16.3. The average molecular weight is 322 g/mol. The Balaban J connectivity index is 2.53. The zero-order valence-corrected chi connectivity index (χ0v) is 13.1. The van der Waals surface area contributed by atoms with E-state index in [-0.39, 0.29) is 28.8 Å². The summed E-state index contributed by atoms with van der Waals surface area (Å²) in [6.07, 6.45) is 0. The number of phenolic OH excluding ortho intramolecular Hbond substituents is 1. The Bertz CT molecular complexity index is 742. The molecule has 2 aromatic rings. The quantitative estimate of drug-likeness (QED) is 0.920. The number of hydrogen-bond acceptors (Lipinski definition) is 3. The summed E-state index contributed by atoms with van der Waals surface area (Å²) in [6.45, 7) is 3.93. The minimum Gasteiger partial charge on any atom is -0.506 e. The number of sulfonamides is 1. The van der Waals surface area contributed by atoms with E-state index >= 15 is 0 Å². The molecule has 4 nitrogen and oxygen atoms in total. The lowest BCUT2D eigenvalue weighted by Gasteiger charge is -2.26. The largest absolute Gasteiger partial charge is 0.506 e. The molecule has 0 bridgehead atoms. The first-order valence-corrected chi connectivity index (χ1v) is 8.23. The van der Waals surface area contributed by atoms with Gasteiger partial charge < -0.3 is 5.11 Å². The summed E-state index contributed by atoms with van der Waals surface area (Å²) in [5.74, 6) is -0.620. The third kappa shape index (κ3) is 3.39. The van der Waals surface area contributed by atoms with Crippen molar-refractivity contribution in [3.8, 4) is 5.75 Å². The molecule has 0 aromatic heterocycles. The number of nitrogens with zero attached hydrogens (tertiary/aromatic N) is 1. The first kappa shape index (κ1) is 16.3. The number of halogens is 1. The van der Waals surface area contributed by atoms with E-state index < -0.39 is 15.8 Å². The number of rotatable bonds is 5. The molecule has 0 unspecified atom stereocenters. The Morgan fingerprint density at radius 2 is 1.86 bits per heavy atom. The minimum atomic E-state index is -3.90. The molecule has 0 saturated heterocycles. The molecule has 2 rings (SSSR count). The Morgan fingerprint density at radius 1 is 1.23 bits per heavy atom. The summed E-state index contributed by atoms with van der Waals surface area (Å²) in [6, 6.07) is 11.7. The summed E-state index contributed by atoms with van der Waals surface area (Å²) in [4.78, 5) is -0.0298. The van der Waals surface area contributed by atoms with Crippen molar-refractivity contribution in [3.05, 3.63) is 54.3 Å². The molecular weight excluding hydrogens is 305 g/mol. The van der Waals surface area contributed by atoms with Crippen LogP contribution in [0.5, 0.6) is 5.75 Å². The van der Waals surface area contributed by atoms with Crippen LogP contribution in [0, 0.1) is 17.8 Å². The Hall–Kier alpha value is -2.08. The molecule has 22 heavy (non-hydrogen) atoms. The van der Waals surface area contributed by atoms with E-state index in [1.54, 1.807) is 0 Å². The van der Waals surface area contributed by atoms with E-state index in [1.807, 2.05) is 13.8 Å². The van der Waals surface area contributed by atoms with E-state index in [0.717, 1.165) is 16.4 Å². The molecular formula is C16H17FNO3S. The second-order valence-corrected chi connectivity index (χ2v) is 7.16. The van der Waals surface area contributed by atoms with Gasteiger partial charge in [0.1, 0.15) is 11.6 Å². The molecule has 0 aliphatic carbocycles. The molecule has 6 heteroatoms. The maximum absolute atomic E-state index is 13.0. The summed E-state index contributed by atoms with van der Waals surface area (Å²) in [5.41, 5.74) is 0.153. The van der Waals surface area contributed by atoms with Crippen LogP contribution < -0.4 is 4.31 Å². The molecule has 0 fully saturated rings. The second-order valence-electron chi connectivity index (χ2n) is 5.30. The van der Waals surface area contributed by atoms with E-state index in [4.69, 9.17) is 0 Å². The number of hydrogen-bond donors (Lipinski definition) is 1. The number of anilines is 1. The Kier molecular flexibility index (Phi) is 4.71. The van der Waals surface area contributed by atoms with Gasteiger partial charge >= 0.3 is 0 Å². The van der Waals surface area contributed by atoms with Crippen LogP contribution in [0.25, 0.3) is 0 Å². The summed E-state index contributed by atoms with van der Waals surface area (Å²) >= 11 is 0. The van der Waals surface area contributed by atoms with Crippen LogP contribution in [0.4, 0.5) is 10.1 Å². The van der Waals surface area contributed by atoms with Crippen molar-refractivity contribution >= 4 is 15.7 Å². The molecule has 1 radical (unpaired) electrons. The van der Waals surface area contributed by atoms with Crippen LogP contribution in [0.3, 0.4) is 0 Å². The van der Waals surface area contributed by atoms with Crippen LogP contribution in [0.2, 0.25) is 0 Å². The molecule has 117 valence electrons. The molecule has 1 N–H and O–H groups in total. The van der Waals surface area contributed by atoms with Gasteiger partial charge in [-0.05, 0) is 48.4 Å². The van der Waals surface area contributed by atoms with E-state index in [1.165, 1.54) is 30.3 Å². The lowest BCUT2D eigenvalue weighted by molar-refractivity contribution is 0.474. The van der Waals surface area contributed by atoms with E-state index in [9.17, 15) is 17.9 Å². The van der Waals surface area contributed by atoms with Crippen molar-refractivity contribution in [1.29, 1.82) is 0 Å². The molecule has 0 spiro atoms. The molecule has 0 atom stereocenters. The van der Waals surface area contributed by atoms with Gasteiger partial charge in [-0.2, -0.15) is 0 Å². The van der Waals surface area contributed by atoms with Gasteiger partial charge in [0.25, 0.3) is 10.0 Å². The fraction of sp³-hybridized carbons (Fsp3) is 0.250. The minimum absolute atomic E-state index is 0.0298. The van der Waals surface area contributed by atoms with Crippen LogP contribution in [0.1, 0.15) is 13.8 Å². The highest BCUT2D eigenvalue weighted by Gasteiger charge is 2.27. The van der Waals surface area contributed by atoms with E-state index in [2.05, 4.69) is 6.07 Å². The topological polar surface area (TPSA) is 57.6 Å². The SMILES string of the molecule is CC(C)CN(c1c[c]ccc1O)S(=O)(=O)c1ccc(F)cc1. The molecule has 2 aromatic carbocycles. The van der Waals surface area contributed by atoms with Crippen molar-refractivity contribution in [3.63, 3.8) is 0 Å². The lowest BCUT2D eigenvalue weighted by Crippen LogP contribution is -2.34. The number of benzene rings is 2. The van der Waals surface area contributed by atoms with Crippen molar-refractivity contribution in [2.45, 2.75) is 18.7 Å². The third-order valence-corrected chi connectivity index (χ3v) is 4.82. The summed E-state index contributed by atoms with van der Waals surface area (Å²) < 4.78 is 39.8. The highest BCUT2D eigenvalue weighted by Crippen LogP contribution is 2.31. The van der Waals surface area contributed by atoms with Gasteiger partial charge in [-0.3, -0.25) is 4.31 Å². The summed E-state index contributed by atoms with van der Waals surface area (Å²) in [7, 11) is -3.90. The summed E-state index contributed by atoms with van der Waals surface area (Å²) in [5, 5.41) is 9.96. The Labute approximate surface area is 129 Å². The van der Waals surface area contributed by atoms with Crippen molar-refractivity contribution < 1.29 is 17.9 Å². The molecule has 0 saturated carbocycles. The highest BCUT2D eigenvalue weighted by atomic mass is 32.2. The lowest BCUT2D eigenvalue weighted by atomic mass is 10.2. The highest BCUT2D eigenvalue weighted by molar-refractivity contribution is 7.92. The molecule has 0 amide bonds. The zero-order valence-electron chi connectivity index (χ0n) is 12.3. The van der Waals surface area contributed by atoms with Crippen LogP contribution in [0.15, 0.2) is 47.4 Å². The van der Waals surface area contributed by atoms with Gasteiger partial charge in [-0.1, -0.05) is 19.9 Å². The predicted molar refractivity (Wildman–Crippen MR) is 82.7 cm³/mol. The number of phenols is 1. The Morgan fingerprint density at radius 3 is 2.41 bits per heavy atom. The van der Waals surface area contributed by atoms with Crippen molar-refractivity contribution in [2.24, 2.45) is 5.92 Å². The van der Waals surface area contributed by atoms with Crippen LogP contribution in [-0.2, 0) is 10.0 Å². The van der Waals surface area contributed by atoms with Crippen molar-refractivity contribution in [2.75, 3.05) is 10.8 Å². The fourth-order valence-corrected chi connectivity index (χ4v) is 3.64. The maximum Gasteiger partial charge on any atom is 0.264 e. The second kappa shape index (κ2) is 6.36. The normalized spacial score (nSPS) is 11.6. The smallest absolute Gasteiger partial charge is 0.264 e. The third-order valence-electron chi connectivity index (χ3n) is 3.02. The van der Waals surface area contributed by atoms with Gasteiger partial charge in [0, 0.05) is 6.54 Å². The predicted octanol–water partition coefficient (Wildman–Crippen LogP) is 3.18. The molecule has 0 aliphatic heterocycles. The van der Waals surface area contributed by atoms with E-state index in [0.29, 0.717) is 0 Å². The first-order chi connectivity index (χ1) is 10.3. The van der Waals surface area contributed by atoms with Crippen LogP contribution >= 0.6 is 0 Å². The maximum atomic E-state index is 13.0. The molecule has 0 aliphatic rings. The fourth-order valence-electron chi connectivity index (χ4n) is 2.00. The van der Waals surface area contributed by atoms with Crippen LogP contribution in [-0.4, -0.2) is 20.1 Å². The number of aromatic hydroxyl groups is 1. The van der Waals surface area contributed by atoms with Gasteiger partial charge in [-0.15, -0.1) is 0 Å². The molecule has 0 heterocycles. The van der Waals surface area contributed by atoms with Gasteiger partial charge in [0.05, 0.1) is 10.6 Å². The standard InChI is InChI=1S/C16H17FNO3S/c1-12(2)11-18(15-5-3-4-6-16(15)19)22(20,21)14-9-7-13(17)8-10-14/h4-10,12,19H,11H2,1-2H3. The monoisotopic (exact) mass is 322 g/mol. The van der Waals surface area contributed by atoms with Gasteiger partial charge in [0.2, 0.25) is 0 Å². The van der Waals surface area contributed by atoms with Gasteiger partial charge in [-0.25, -0.2) is 12.8 Å². The van der Waals surface area contributed by atoms with Gasteiger partial charge in [0.15, 0.2) is 0 Å². The average Bonchev–Trinajstić information content (AvgIpc) is 2.46.